The van der Waals surface area contributed by atoms with E-state index in [9.17, 15) is 9.59 Å². The molecule has 0 aliphatic carbocycles. The van der Waals surface area contributed by atoms with Crippen molar-refractivity contribution in [2.75, 3.05) is 12.4 Å². The molecule has 5 rings (SSSR count). The number of anilines is 1. The van der Waals surface area contributed by atoms with E-state index in [0.717, 1.165) is 22.3 Å². The molecule has 0 bridgehead atoms. The summed E-state index contributed by atoms with van der Waals surface area (Å²) in [5.74, 6) is -0.704. The molecular weight excluding hydrogens is 426 g/mol. The molecule has 5 aromatic rings. The van der Waals surface area contributed by atoms with Gasteiger partial charge in [-0.2, -0.15) is 0 Å². The number of methoxy groups -OCH3 is 1. The lowest BCUT2D eigenvalue weighted by atomic mass is 10.2. The molecule has 0 fully saturated rings. The lowest BCUT2D eigenvalue weighted by molar-refractivity contribution is 0.0594. The van der Waals surface area contributed by atoms with Gasteiger partial charge in [-0.1, -0.05) is 12.1 Å². The summed E-state index contributed by atoms with van der Waals surface area (Å²) in [6.45, 7) is 0. The molecule has 0 radical (unpaired) electrons. The fourth-order valence-corrected chi connectivity index (χ4v) is 4.06. The standard InChI is InChI=1S/C23H17N5O3S/c1-31-22(30)18-10-15(11-24-18)19-12-32-23(26-19)27-21(29)14-6-8-16(9-7-14)28-13-25-17-4-2-3-5-20(17)28/h2-13,24H,1H3,(H,26,27,29). The van der Waals surface area contributed by atoms with Crippen LogP contribution in [0.5, 0.6) is 0 Å². The number of nitrogens with one attached hydrogen (secondary N) is 2. The first-order valence-electron chi connectivity index (χ1n) is 9.69. The van der Waals surface area contributed by atoms with Gasteiger partial charge in [-0.15, -0.1) is 11.3 Å². The van der Waals surface area contributed by atoms with Crippen molar-refractivity contribution < 1.29 is 14.3 Å². The molecule has 3 aromatic heterocycles. The maximum atomic E-state index is 12.7. The highest BCUT2D eigenvalue weighted by Crippen LogP contribution is 2.26. The number of amides is 1. The van der Waals surface area contributed by atoms with E-state index in [0.29, 0.717) is 22.1 Å². The molecule has 0 aliphatic rings. The summed E-state index contributed by atoms with van der Waals surface area (Å²) in [5.41, 5.74) is 5.07. The van der Waals surface area contributed by atoms with Crippen molar-refractivity contribution in [3.8, 4) is 16.9 Å². The summed E-state index contributed by atoms with van der Waals surface area (Å²) in [6.07, 6.45) is 3.44. The van der Waals surface area contributed by atoms with Crippen molar-refractivity contribution in [3.05, 3.63) is 83.8 Å². The van der Waals surface area contributed by atoms with Crippen LogP contribution in [0.3, 0.4) is 0 Å². The average molecular weight is 443 g/mol. The van der Waals surface area contributed by atoms with Crippen LogP contribution in [0.15, 0.2) is 72.5 Å². The van der Waals surface area contributed by atoms with Crippen LogP contribution in [0.2, 0.25) is 0 Å². The monoisotopic (exact) mass is 443 g/mol. The van der Waals surface area contributed by atoms with Crippen LogP contribution >= 0.6 is 11.3 Å². The molecule has 8 nitrogen and oxygen atoms in total. The Morgan fingerprint density at radius 3 is 2.75 bits per heavy atom. The van der Waals surface area contributed by atoms with E-state index < -0.39 is 5.97 Å². The molecule has 0 spiro atoms. The van der Waals surface area contributed by atoms with E-state index in [1.807, 2.05) is 46.3 Å². The highest BCUT2D eigenvalue weighted by molar-refractivity contribution is 7.14. The van der Waals surface area contributed by atoms with Crippen LogP contribution in [0.25, 0.3) is 28.0 Å². The molecule has 9 heteroatoms. The first kappa shape index (κ1) is 19.7. The predicted octanol–water partition coefficient (Wildman–Crippen LogP) is 4.52. The van der Waals surface area contributed by atoms with E-state index in [1.165, 1.54) is 18.4 Å². The van der Waals surface area contributed by atoms with Gasteiger partial charge in [0.15, 0.2) is 5.13 Å². The van der Waals surface area contributed by atoms with Crippen LogP contribution in [0, 0.1) is 0 Å². The van der Waals surface area contributed by atoms with Gasteiger partial charge in [0.25, 0.3) is 5.91 Å². The van der Waals surface area contributed by atoms with Gasteiger partial charge in [-0.3, -0.25) is 14.7 Å². The summed E-state index contributed by atoms with van der Waals surface area (Å²) in [7, 11) is 1.32. The number of esters is 1. The van der Waals surface area contributed by atoms with Crippen molar-refractivity contribution in [3.63, 3.8) is 0 Å². The highest BCUT2D eigenvalue weighted by atomic mass is 32.1. The van der Waals surface area contributed by atoms with E-state index >= 15 is 0 Å². The van der Waals surface area contributed by atoms with Gasteiger partial charge in [0, 0.05) is 28.4 Å². The van der Waals surface area contributed by atoms with Gasteiger partial charge in [0.05, 0.1) is 23.8 Å². The first-order valence-corrected chi connectivity index (χ1v) is 10.6. The molecule has 0 atom stereocenters. The maximum absolute atomic E-state index is 12.7. The summed E-state index contributed by atoms with van der Waals surface area (Å²) in [6, 6.07) is 16.8. The van der Waals surface area contributed by atoms with Gasteiger partial charge in [0.1, 0.15) is 12.0 Å². The first-order chi connectivity index (χ1) is 15.6. The van der Waals surface area contributed by atoms with E-state index in [1.54, 1.807) is 30.7 Å². The normalized spacial score (nSPS) is 10.9. The Kier molecular flexibility index (Phi) is 5.00. The number of hydrogen-bond acceptors (Lipinski definition) is 6. The van der Waals surface area contributed by atoms with Crippen molar-refractivity contribution in [2.45, 2.75) is 0 Å². The van der Waals surface area contributed by atoms with Gasteiger partial charge >= 0.3 is 5.97 Å². The highest BCUT2D eigenvalue weighted by Gasteiger charge is 2.14. The molecule has 32 heavy (non-hydrogen) atoms. The zero-order valence-corrected chi connectivity index (χ0v) is 17.7. The number of nitrogens with zero attached hydrogens (tertiary/aromatic N) is 3. The third-order valence-electron chi connectivity index (χ3n) is 4.97. The van der Waals surface area contributed by atoms with Crippen molar-refractivity contribution in [1.29, 1.82) is 0 Å². The zero-order chi connectivity index (χ0) is 22.1. The van der Waals surface area contributed by atoms with Crippen molar-refractivity contribution >= 4 is 39.4 Å². The molecule has 3 heterocycles. The summed E-state index contributed by atoms with van der Waals surface area (Å²) < 4.78 is 6.67. The number of imidazole rings is 1. The molecule has 2 aromatic carbocycles. The molecular formula is C23H17N5O3S. The third-order valence-corrected chi connectivity index (χ3v) is 5.73. The van der Waals surface area contributed by atoms with E-state index in [-0.39, 0.29) is 5.91 Å². The second-order valence-corrected chi connectivity index (χ2v) is 7.79. The Morgan fingerprint density at radius 1 is 1.12 bits per heavy atom. The summed E-state index contributed by atoms with van der Waals surface area (Å²) >= 11 is 1.31. The lowest BCUT2D eigenvalue weighted by Gasteiger charge is -2.06. The number of ether oxygens (including phenoxy) is 1. The number of thiazole rings is 1. The number of para-hydroxylation sites is 2. The predicted molar refractivity (Wildman–Crippen MR) is 122 cm³/mol. The molecule has 2 N–H and O–H groups in total. The van der Waals surface area contributed by atoms with Crippen LogP contribution in [0.4, 0.5) is 5.13 Å². The van der Waals surface area contributed by atoms with E-state index in [4.69, 9.17) is 4.74 Å². The second-order valence-electron chi connectivity index (χ2n) is 6.94. The van der Waals surface area contributed by atoms with E-state index in [2.05, 4.69) is 20.3 Å². The minimum atomic E-state index is -0.452. The average Bonchev–Trinajstić information content (AvgIpc) is 3.58. The number of aromatic nitrogens is 4. The Morgan fingerprint density at radius 2 is 1.94 bits per heavy atom. The summed E-state index contributed by atoms with van der Waals surface area (Å²) in [5, 5.41) is 5.10. The zero-order valence-electron chi connectivity index (χ0n) is 16.9. The minimum absolute atomic E-state index is 0.253. The number of aromatic amines is 1. The topological polar surface area (TPSA) is 102 Å². The van der Waals surface area contributed by atoms with Gasteiger partial charge < -0.3 is 9.72 Å². The van der Waals surface area contributed by atoms with Gasteiger partial charge in [0.2, 0.25) is 0 Å². The Balaban J connectivity index is 1.30. The number of hydrogen-bond donors (Lipinski definition) is 2. The quantitative estimate of drug-likeness (QED) is 0.389. The number of rotatable bonds is 5. The van der Waals surface area contributed by atoms with Crippen LogP contribution in [-0.2, 0) is 4.74 Å². The SMILES string of the molecule is COC(=O)c1cc(-c2csc(NC(=O)c3ccc(-n4cnc5ccccc54)cc3)n2)c[nH]1. The van der Waals surface area contributed by atoms with Crippen molar-refractivity contribution in [2.24, 2.45) is 0 Å². The van der Waals surface area contributed by atoms with Crippen LogP contribution < -0.4 is 5.32 Å². The Bertz CT molecular complexity index is 1430. The largest absolute Gasteiger partial charge is 0.464 e. The smallest absolute Gasteiger partial charge is 0.354 e. The van der Waals surface area contributed by atoms with Gasteiger partial charge in [-0.25, -0.2) is 14.8 Å². The van der Waals surface area contributed by atoms with Gasteiger partial charge in [-0.05, 0) is 42.5 Å². The number of carbonyl (C=O) groups excluding carboxylic acids is 2. The molecule has 158 valence electrons. The maximum Gasteiger partial charge on any atom is 0.354 e. The third kappa shape index (κ3) is 3.65. The molecule has 1 amide bonds. The fourth-order valence-electron chi connectivity index (χ4n) is 3.34. The fraction of sp³-hybridized carbons (Fsp3) is 0.0435. The molecule has 0 aliphatic heterocycles. The summed E-state index contributed by atoms with van der Waals surface area (Å²) in [4.78, 5) is 36.0. The Labute approximate surface area is 186 Å². The number of carbonyl (C=O) groups is 2. The molecule has 0 unspecified atom stereocenters. The number of H-pyrrole nitrogens is 1. The molecule has 0 saturated heterocycles. The van der Waals surface area contributed by atoms with Crippen molar-refractivity contribution in [1.82, 2.24) is 19.5 Å². The Hall–Kier alpha value is -4.24. The lowest BCUT2D eigenvalue weighted by Crippen LogP contribution is -2.11. The second kappa shape index (κ2) is 8.12. The van der Waals surface area contributed by atoms with Crippen LogP contribution in [-0.4, -0.2) is 38.5 Å². The number of fused-ring (bicyclic) bond motifs is 1. The molecule has 0 saturated carbocycles. The number of benzene rings is 2. The minimum Gasteiger partial charge on any atom is -0.464 e. The van der Waals surface area contributed by atoms with Crippen LogP contribution in [0.1, 0.15) is 20.8 Å².